The third-order valence-corrected chi connectivity index (χ3v) is 7.36. The Labute approximate surface area is 174 Å². The van der Waals surface area contributed by atoms with Gasteiger partial charge in [-0.05, 0) is 55.9 Å². The maximum Gasteiger partial charge on any atom is 0.313 e. The van der Waals surface area contributed by atoms with E-state index in [0.29, 0.717) is 10.9 Å². The van der Waals surface area contributed by atoms with Crippen molar-refractivity contribution >= 4 is 45.1 Å². The highest BCUT2D eigenvalue weighted by atomic mass is 32.2. The van der Waals surface area contributed by atoms with Crippen LogP contribution < -0.4 is 5.56 Å². The Morgan fingerprint density at radius 3 is 2.90 bits per heavy atom. The lowest BCUT2D eigenvalue weighted by Crippen LogP contribution is -2.22. The van der Waals surface area contributed by atoms with Crippen molar-refractivity contribution in [3.8, 4) is 5.69 Å². The summed E-state index contributed by atoms with van der Waals surface area (Å²) in [5, 5.41) is 18.8. The molecule has 3 aromatic heterocycles. The van der Waals surface area contributed by atoms with Crippen LogP contribution in [0.3, 0.4) is 0 Å². The van der Waals surface area contributed by atoms with Crippen molar-refractivity contribution < 1.29 is 9.90 Å². The van der Waals surface area contributed by atoms with Crippen LogP contribution in [0.4, 0.5) is 0 Å². The second kappa shape index (κ2) is 7.00. The Kier molecular flexibility index (Phi) is 4.44. The van der Waals surface area contributed by atoms with Crippen molar-refractivity contribution in [3.05, 3.63) is 50.6 Å². The number of hydrogen-bond donors (Lipinski definition) is 1. The molecule has 148 valence electrons. The molecular weight excluding hydrogens is 408 g/mol. The molecule has 7 nitrogen and oxygen atoms in total. The maximum absolute atomic E-state index is 13.7. The molecule has 5 rings (SSSR count). The number of aliphatic carboxylic acids is 1. The Morgan fingerprint density at radius 2 is 2.10 bits per heavy atom. The average Bonchev–Trinajstić information content (AvgIpc) is 3.28. The number of benzene rings is 1. The molecule has 0 fully saturated rings. The van der Waals surface area contributed by atoms with Gasteiger partial charge in [-0.2, -0.15) is 0 Å². The fraction of sp³-hybridized carbons (Fsp3) is 0.300. The molecule has 0 aliphatic heterocycles. The topological polar surface area (TPSA) is 89.5 Å². The van der Waals surface area contributed by atoms with Crippen molar-refractivity contribution in [1.29, 1.82) is 0 Å². The van der Waals surface area contributed by atoms with Gasteiger partial charge in [-0.3, -0.25) is 9.59 Å². The number of carbonyl (C=O) groups is 1. The van der Waals surface area contributed by atoms with Gasteiger partial charge in [0.2, 0.25) is 5.78 Å². The third kappa shape index (κ3) is 2.96. The van der Waals surface area contributed by atoms with Crippen LogP contribution in [0.5, 0.6) is 0 Å². The summed E-state index contributed by atoms with van der Waals surface area (Å²) in [5.41, 5.74) is 2.83. The fourth-order valence-electron chi connectivity index (χ4n) is 3.94. The van der Waals surface area contributed by atoms with E-state index in [2.05, 4.69) is 10.2 Å². The molecule has 0 bridgehead atoms. The molecule has 0 atom stereocenters. The number of thioether (sulfide) groups is 1. The van der Waals surface area contributed by atoms with Crippen LogP contribution >= 0.6 is 23.1 Å². The van der Waals surface area contributed by atoms with Crippen molar-refractivity contribution in [2.24, 2.45) is 0 Å². The number of aryl methyl sites for hydroxylation is 3. The first-order valence-electron chi connectivity index (χ1n) is 9.40. The van der Waals surface area contributed by atoms with E-state index in [1.807, 2.05) is 35.6 Å². The van der Waals surface area contributed by atoms with Crippen molar-refractivity contribution in [1.82, 2.24) is 19.2 Å². The molecule has 0 saturated heterocycles. The zero-order valence-electron chi connectivity index (χ0n) is 15.7. The largest absolute Gasteiger partial charge is 0.481 e. The van der Waals surface area contributed by atoms with Gasteiger partial charge < -0.3 is 5.11 Å². The molecule has 0 saturated carbocycles. The van der Waals surface area contributed by atoms with E-state index in [1.54, 1.807) is 15.9 Å². The molecule has 29 heavy (non-hydrogen) atoms. The predicted molar refractivity (Wildman–Crippen MR) is 114 cm³/mol. The molecule has 1 aliphatic carbocycles. The summed E-state index contributed by atoms with van der Waals surface area (Å²) in [4.78, 5) is 26.8. The van der Waals surface area contributed by atoms with Crippen LogP contribution in [0.25, 0.3) is 21.7 Å². The third-order valence-electron chi connectivity index (χ3n) is 5.17. The molecule has 0 radical (unpaired) electrons. The summed E-state index contributed by atoms with van der Waals surface area (Å²) < 4.78 is 3.46. The number of thiophene rings is 1. The fourth-order valence-corrected chi connectivity index (χ4v) is 6.03. The second-order valence-electron chi connectivity index (χ2n) is 7.17. The zero-order valence-corrected chi connectivity index (χ0v) is 17.3. The minimum absolute atomic E-state index is 0.0836. The summed E-state index contributed by atoms with van der Waals surface area (Å²) in [6.45, 7) is 1.98. The number of nitrogens with zero attached hydrogens (tertiary/aromatic N) is 4. The van der Waals surface area contributed by atoms with Crippen molar-refractivity contribution in [2.45, 2.75) is 37.8 Å². The Bertz CT molecular complexity index is 1340. The molecule has 0 spiro atoms. The number of rotatable bonds is 4. The molecule has 1 N–H and O–H groups in total. The summed E-state index contributed by atoms with van der Waals surface area (Å²) in [7, 11) is 0. The Morgan fingerprint density at radius 1 is 1.28 bits per heavy atom. The van der Waals surface area contributed by atoms with Gasteiger partial charge in [-0.25, -0.2) is 8.97 Å². The van der Waals surface area contributed by atoms with Gasteiger partial charge in [0.15, 0.2) is 5.16 Å². The molecule has 9 heteroatoms. The first-order chi connectivity index (χ1) is 14.0. The lowest BCUT2D eigenvalue weighted by molar-refractivity contribution is -0.133. The molecular formula is C20H18N4O3S2. The van der Waals surface area contributed by atoms with Gasteiger partial charge in [0.05, 0.1) is 16.8 Å². The van der Waals surface area contributed by atoms with Crippen LogP contribution in [-0.2, 0) is 17.6 Å². The lowest BCUT2D eigenvalue weighted by atomic mass is 9.97. The molecule has 0 amide bonds. The van der Waals surface area contributed by atoms with Crippen LogP contribution in [0, 0.1) is 6.92 Å². The summed E-state index contributed by atoms with van der Waals surface area (Å²) in [5.74, 6) is -0.614. The van der Waals surface area contributed by atoms with Crippen LogP contribution in [0.2, 0.25) is 0 Å². The van der Waals surface area contributed by atoms with Crippen molar-refractivity contribution in [2.75, 3.05) is 5.75 Å². The molecule has 1 aromatic carbocycles. The summed E-state index contributed by atoms with van der Waals surface area (Å²) in [6.07, 6.45) is 4.06. The monoisotopic (exact) mass is 426 g/mol. The van der Waals surface area contributed by atoms with Gasteiger partial charge in [0.1, 0.15) is 4.83 Å². The standard InChI is InChI=1S/C20H18N4O3S2/c1-11-5-4-6-12(9-11)23-17(27)16-13-7-2-3-8-14(13)29-18(16)24-19(23)21-22-20(24)28-10-15(25)26/h4-6,9H,2-3,7-8,10H2,1H3,(H,25,26). The number of fused-ring (bicyclic) bond motifs is 5. The minimum atomic E-state index is -0.916. The number of aromatic nitrogens is 4. The first-order valence-corrected chi connectivity index (χ1v) is 11.2. The molecule has 3 heterocycles. The van der Waals surface area contributed by atoms with E-state index >= 15 is 0 Å². The van der Waals surface area contributed by atoms with Crippen molar-refractivity contribution in [3.63, 3.8) is 0 Å². The summed E-state index contributed by atoms with van der Waals surface area (Å²) >= 11 is 2.73. The maximum atomic E-state index is 13.7. The van der Waals surface area contributed by atoms with Crippen LogP contribution in [0.1, 0.15) is 28.8 Å². The normalized spacial score (nSPS) is 13.8. The predicted octanol–water partition coefficient (Wildman–Crippen LogP) is 3.46. The van der Waals surface area contributed by atoms with E-state index in [0.717, 1.165) is 64.5 Å². The van der Waals surface area contributed by atoms with Crippen LogP contribution in [0.15, 0.2) is 34.2 Å². The van der Waals surface area contributed by atoms with Gasteiger partial charge in [0.25, 0.3) is 5.56 Å². The number of carboxylic acid groups (broad SMARTS) is 1. The lowest BCUT2D eigenvalue weighted by Gasteiger charge is -2.12. The Balaban J connectivity index is 1.89. The van der Waals surface area contributed by atoms with Gasteiger partial charge >= 0.3 is 5.97 Å². The molecule has 0 unspecified atom stereocenters. The van der Waals surface area contributed by atoms with E-state index in [9.17, 15) is 9.59 Å². The van der Waals surface area contributed by atoms with E-state index in [1.165, 1.54) is 4.88 Å². The SMILES string of the molecule is Cc1cccc(-n2c(=O)c3c4c(sc3n3c(SCC(=O)O)nnc23)CCCC4)c1. The summed E-state index contributed by atoms with van der Waals surface area (Å²) in [6, 6.07) is 7.73. The minimum Gasteiger partial charge on any atom is -0.481 e. The molecule has 1 aliphatic rings. The van der Waals surface area contributed by atoms with E-state index < -0.39 is 5.97 Å². The second-order valence-corrected chi connectivity index (χ2v) is 9.20. The van der Waals surface area contributed by atoms with E-state index in [-0.39, 0.29) is 11.3 Å². The quantitative estimate of drug-likeness (QED) is 0.503. The zero-order chi connectivity index (χ0) is 20.1. The van der Waals surface area contributed by atoms with Gasteiger partial charge in [-0.15, -0.1) is 21.5 Å². The van der Waals surface area contributed by atoms with Gasteiger partial charge in [0, 0.05) is 4.88 Å². The smallest absolute Gasteiger partial charge is 0.313 e. The van der Waals surface area contributed by atoms with Crippen LogP contribution in [-0.4, -0.2) is 36.0 Å². The molecule has 4 aromatic rings. The van der Waals surface area contributed by atoms with Gasteiger partial charge in [-0.1, -0.05) is 23.9 Å². The van der Waals surface area contributed by atoms with E-state index in [4.69, 9.17) is 5.11 Å². The Hall–Kier alpha value is -2.65. The highest BCUT2D eigenvalue weighted by Gasteiger charge is 2.25. The number of hydrogen-bond acceptors (Lipinski definition) is 6. The first kappa shape index (κ1) is 18.4. The highest BCUT2D eigenvalue weighted by molar-refractivity contribution is 7.99. The highest BCUT2D eigenvalue weighted by Crippen LogP contribution is 2.36. The average molecular weight is 427 g/mol. The number of carboxylic acids is 1.